The normalized spacial score (nSPS) is 11.5. The van der Waals surface area contributed by atoms with Crippen molar-refractivity contribution >= 4 is 11.8 Å². The molecule has 1 atom stereocenters. The molecule has 0 spiro atoms. The zero-order valence-electron chi connectivity index (χ0n) is 15.7. The van der Waals surface area contributed by atoms with Crippen LogP contribution in [0.4, 0.5) is 4.39 Å². The number of nitrogens with two attached hydrogens (primary N) is 1. The molecule has 0 fully saturated rings. The number of halogens is 1. The molecular formula is C23H21FN2O3. The van der Waals surface area contributed by atoms with E-state index in [9.17, 15) is 14.0 Å². The number of carbonyl (C=O) groups excluding carboxylic acids is 2. The highest BCUT2D eigenvalue weighted by molar-refractivity contribution is 5.97. The van der Waals surface area contributed by atoms with Crippen LogP contribution in [0.2, 0.25) is 0 Å². The molecule has 148 valence electrons. The molecule has 6 heteroatoms. The fourth-order valence-electron chi connectivity index (χ4n) is 2.80. The van der Waals surface area contributed by atoms with Crippen molar-refractivity contribution in [3.63, 3.8) is 0 Å². The summed E-state index contributed by atoms with van der Waals surface area (Å²) in [6.45, 7) is 0.421. The van der Waals surface area contributed by atoms with Gasteiger partial charge in [-0.05, 0) is 47.5 Å². The topological polar surface area (TPSA) is 81.4 Å². The Balaban J connectivity index is 1.64. The first-order chi connectivity index (χ1) is 14.0. The van der Waals surface area contributed by atoms with Gasteiger partial charge in [0, 0.05) is 12.0 Å². The lowest BCUT2D eigenvalue weighted by molar-refractivity contribution is -0.119. The summed E-state index contributed by atoms with van der Waals surface area (Å²) in [4.78, 5) is 24.2. The number of ether oxygens (including phenoxy) is 1. The van der Waals surface area contributed by atoms with Gasteiger partial charge in [0.1, 0.15) is 24.2 Å². The van der Waals surface area contributed by atoms with Crippen LogP contribution in [0.3, 0.4) is 0 Å². The molecule has 0 bridgehead atoms. The number of benzene rings is 3. The summed E-state index contributed by atoms with van der Waals surface area (Å²) in [6.07, 6.45) is 0.213. The monoisotopic (exact) mass is 392 g/mol. The second-order valence-corrected chi connectivity index (χ2v) is 6.56. The molecule has 2 amide bonds. The third-order valence-corrected chi connectivity index (χ3v) is 4.34. The first kappa shape index (κ1) is 20.1. The van der Waals surface area contributed by atoms with Gasteiger partial charge in [-0.3, -0.25) is 9.59 Å². The summed E-state index contributed by atoms with van der Waals surface area (Å²) in [7, 11) is 0. The van der Waals surface area contributed by atoms with E-state index in [2.05, 4.69) is 5.32 Å². The zero-order valence-corrected chi connectivity index (χ0v) is 15.7. The largest absolute Gasteiger partial charge is 0.489 e. The molecule has 5 nitrogen and oxygen atoms in total. The van der Waals surface area contributed by atoms with E-state index in [4.69, 9.17) is 10.5 Å². The maximum absolute atomic E-state index is 13.0. The highest BCUT2D eigenvalue weighted by Crippen LogP contribution is 2.17. The van der Waals surface area contributed by atoms with Crippen molar-refractivity contribution in [2.45, 2.75) is 19.1 Å². The van der Waals surface area contributed by atoms with Crippen LogP contribution in [-0.4, -0.2) is 17.9 Å². The van der Waals surface area contributed by atoms with Crippen molar-refractivity contribution in [3.8, 4) is 5.75 Å². The summed E-state index contributed by atoms with van der Waals surface area (Å²) >= 11 is 0. The number of hydrogen-bond acceptors (Lipinski definition) is 3. The van der Waals surface area contributed by atoms with E-state index in [1.54, 1.807) is 0 Å². The van der Waals surface area contributed by atoms with Gasteiger partial charge in [0.25, 0.3) is 5.91 Å². The van der Waals surface area contributed by atoms with Crippen LogP contribution in [0.25, 0.3) is 0 Å². The molecule has 0 radical (unpaired) electrons. The Kier molecular flexibility index (Phi) is 6.58. The lowest BCUT2D eigenvalue weighted by atomic mass is 10.0. The third kappa shape index (κ3) is 5.90. The van der Waals surface area contributed by atoms with Crippen molar-refractivity contribution in [1.82, 2.24) is 5.32 Å². The standard InChI is InChI=1S/C23H21FN2O3/c24-19-11-9-18(10-12-19)23(28)26-21(22(25)27)14-17-7-4-8-20(13-17)29-15-16-5-2-1-3-6-16/h1-13,21H,14-15H2,(H2,25,27)(H,26,28)/t21-/m0/s1. The Hall–Kier alpha value is -3.67. The third-order valence-electron chi connectivity index (χ3n) is 4.34. The maximum atomic E-state index is 13.0. The zero-order chi connectivity index (χ0) is 20.6. The van der Waals surface area contributed by atoms with E-state index in [-0.39, 0.29) is 12.0 Å². The second-order valence-electron chi connectivity index (χ2n) is 6.56. The number of primary amides is 1. The molecule has 29 heavy (non-hydrogen) atoms. The van der Waals surface area contributed by atoms with Gasteiger partial charge >= 0.3 is 0 Å². The van der Waals surface area contributed by atoms with Crippen LogP contribution in [0.15, 0.2) is 78.9 Å². The van der Waals surface area contributed by atoms with Crippen molar-refractivity contribution in [2.75, 3.05) is 0 Å². The molecule has 3 aromatic carbocycles. The summed E-state index contributed by atoms with van der Waals surface area (Å²) in [5.74, 6) is -0.943. The molecule has 0 heterocycles. The van der Waals surface area contributed by atoms with E-state index in [1.165, 1.54) is 24.3 Å². The molecule has 3 N–H and O–H groups in total. The number of carbonyl (C=O) groups is 2. The molecule has 0 saturated carbocycles. The summed E-state index contributed by atoms with van der Waals surface area (Å²) in [5, 5.41) is 2.60. The minimum atomic E-state index is -0.906. The molecule has 0 unspecified atom stereocenters. The van der Waals surface area contributed by atoms with Gasteiger partial charge < -0.3 is 15.8 Å². The number of nitrogens with one attached hydrogen (secondary N) is 1. The molecule has 0 aliphatic heterocycles. The fourth-order valence-corrected chi connectivity index (χ4v) is 2.80. The van der Waals surface area contributed by atoms with Crippen LogP contribution < -0.4 is 15.8 Å². The minimum Gasteiger partial charge on any atom is -0.489 e. The summed E-state index contributed by atoms with van der Waals surface area (Å²) < 4.78 is 18.8. The Morgan fingerprint density at radius 2 is 1.62 bits per heavy atom. The fraction of sp³-hybridized carbons (Fsp3) is 0.130. The maximum Gasteiger partial charge on any atom is 0.251 e. The molecule has 0 aliphatic rings. The van der Waals surface area contributed by atoms with Crippen molar-refractivity contribution < 1.29 is 18.7 Å². The van der Waals surface area contributed by atoms with Gasteiger partial charge in [-0.2, -0.15) is 0 Å². The van der Waals surface area contributed by atoms with E-state index < -0.39 is 23.7 Å². The summed E-state index contributed by atoms with van der Waals surface area (Å²) in [5.41, 5.74) is 7.54. The molecule has 3 aromatic rings. The molecule has 0 aliphatic carbocycles. The Morgan fingerprint density at radius 3 is 2.31 bits per heavy atom. The molecule has 3 rings (SSSR count). The van der Waals surface area contributed by atoms with Crippen LogP contribution in [0, 0.1) is 5.82 Å². The van der Waals surface area contributed by atoms with E-state index in [1.807, 2.05) is 54.6 Å². The Labute approximate surface area is 168 Å². The van der Waals surface area contributed by atoms with Gasteiger partial charge in [0.15, 0.2) is 0 Å². The van der Waals surface area contributed by atoms with E-state index in [0.717, 1.165) is 11.1 Å². The van der Waals surface area contributed by atoms with Crippen LogP contribution in [-0.2, 0) is 17.8 Å². The molecule has 0 aromatic heterocycles. The first-order valence-electron chi connectivity index (χ1n) is 9.12. The average molecular weight is 392 g/mol. The quantitative estimate of drug-likeness (QED) is 0.618. The van der Waals surface area contributed by atoms with Gasteiger partial charge in [-0.25, -0.2) is 4.39 Å². The second kappa shape index (κ2) is 9.50. The van der Waals surface area contributed by atoms with Crippen LogP contribution in [0.5, 0.6) is 5.75 Å². The predicted octanol–water partition coefficient (Wildman–Crippen LogP) is 3.23. The number of hydrogen-bond donors (Lipinski definition) is 2. The van der Waals surface area contributed by atoms with Crippen molar-refractivity contribution in [2.24, 2.45) is 5.73 Å². The predicted molar refractivity (Wildman–Crippen MR) is 108 cm³/mol. The van der Waals surface area contributed by atoms with Crippen LogP contribution in [0.1, 0.15) is 21.5 Å². The van der Waals surface area contributed by atoms with Gasteiger partial charge in [0.2, 0.25) is 5.91 Å². The van der Waals surface area contributed by atoms with E-state index in [0.29, 0.717) is 12.4 Å². The smallest absolute Gasteiger partial charge is 0.251 e. The SMILES string of the molecule is NC(=O)[C@H](Cc1cccc(OCc2ccccc2)c1)NC(=O)c1ccc(F)cc1. The highest BCUT2D eigenvalue weighted by atomic mass is 19.1. The van der Waals surface area contributed by atoms with Crippen molar-refractivity contribution in [1.29, 1.82) is 0 Å². The Morgan fingerprint density at radius 1 is 0.931 bits per heavy atom. The Bertz CT molecular complexity index is 975. The highest BCUT2D eigenvalue weighted by Gasteiger charge is 2.20. The number of rotatable bonds is 8. The lowest BCUT2D eigenvalue weighted by Gasteiger charge is -2.16. The van der Waals surface area contributed by atoms with Crippen molar-refractivity contribution in [3.05, 3.63) is 101 Å². The minimum absolute atomic E-state index is 0.213. The average Bonchev–Trinajstić information content (AvgIpc) is 2.73. The molecule has 0 saturated heterocycles. The van der Waals surface area contributed by atoms with Gasteiger partial charge in [-0.15, -0.1) is 0 Å². The first-order valence-corrected chi connectivity index (χ1v) is 9.12. The number of amides is 2. The van der Waals surface area contributed by atoms with Gasteiger partial charge in [-0.1, -0.05) is 42.5 Å². The van der Waals surface area contributed by atoms with E-state index >= 15 is 0 Å². The lowest BCUT2D eigenvalue weighted by Crippen LogP contribution is -2.45. The molecular weight excluding hydrogens is 371 g/mol. The van der Waals surface area contributed by atoms with Crippen LogP contribution >= 0.6 is 0 Å². The summed E-state index contributed by atoms with van der Waals surface area (Å²) in [6, 6.07) is 21.2. The van der Waals surface area contributed by atoms with Gasteiger partial charge in [0.05, 0.1) is 0 Å².